The monoisotopic (exact) mass is 402 g/mol. The number of carboxylic acid groups (broad SMARTS) is 1. The second-order valence-electron chi connectivity index (χ2n) is 5.92. The summed E-state index contributed by atoms with van der Waals surface area (Å²) in [5, 5.41) is 13.7. The summed E-state index contributed by atoms with van der Waals surface area (Å²) in [6.07, 6.45) is 0.731. The van der Waals surface area contributed by atoms with E-state index in [1.165, 1.54) is 0 Å². The van der Waals surface area contributed by atoms with Crippen LogP contribution in [0.3, 0.4) is 0 Å². The number of fused-ring (bicyclic) bond motifs is 1. The van der Waals surface area contributed by atoms with E-state index in [-0.39, 0.29) is 18.7 Å². The van der Waals surface area contributed by atoms with Crippen molar-refractivity contribution < 1.29 is 28.2 Å². The topological polar surface area (TPSA) is 119 Å². The average molecular weight is 402 g/mol. The molecule has 0 aliphatic rings. The molecule has 0 spiro atoms. The molecule has 0 saturated carbocycles. The van der Waals surface area contributed by atoms with Crippen LogP contribution in [0.15, 0.2) is 52.8 Å². The maximum absolute atomic E-state index is 12.8. The van der Waals surface area contributed by atoms with Crippen LogP contribution in [-0.2, 0) is 6.54 Å². The second-order valence-corrected chi connectivity index (χ2v) is 5.92. The largest absolute Gasteiger partial charge is 0.489 e. The van der Waals surface area contributed by atoms with Crippen molar-refractivity contribution in [1.29, 1.82) is 0 Å². The number of aromatic nitrogens is 2. The fraction of sp³-hybridized carbons (Fsp3) is 0.211. The van der Waals surface area contributed by atoms with Gasteiger partial charge in [-0.2, -0.15) is 4.98 Å². The molecule has 0 saturated heterocycles. The number of amides is 1. The second kappa shape index (κ2) is 9.40. The standard InChI is InChI=1S/C19H19FN4O5/c1-27-17-6-12(4-5-21-17)9-22-18-24-15-3-2-14(7-16(15)29-18)28-11-13(8-20)10-23-19(25)26/h2-8,23H,9-11H2,1H3,(H,22,24)(H,25,26)/b13-8-. The summed E-state index contributed by atoms with van der Waals surface area (Å²) < 4.78 is 29.1. The summed E-state index contributed by atoms with van der Waals surface area (Å²) in [5.41, 5.74) is 2.22. The number of ether oxygens (including phenoxy) is 2. The zero-order valence-electron chi connectivity index (χ0n) is 15.5. The number of carbonyl (C=O) groups is 1. The van der Waals surface area contributed by atoms with Crippen molar-refractivity contribution in [2.75, 3.05) is 25.6 Å². The Morgan fingerprint density at radius 2 is 2.21 bits per heavy atom. The quantitative estimate of drug-likeness (QED) is 0.499. The molecule has 0 bridgehead atoms. The summed E-state index contributed by atoms with van der Waals surface area (Å²) in [6.45, 7) is 0.200. The lowest BCUT2D eigenvalue weighted by Crippen LogP contribution is -2.25. The molecule has 3 N–H and O–H groups in total. The Kier molecular flexibility index (Phi) is 6.46. The maximum atomic E-state index is 12.8. The van der Waals surface area contributed by atoms with Crippen molar-refractivity contribution >= 4 is 23.2 Å². The molecule has 3 aromatic rings. The number of benzene rings is 1. The smallest absolute Gasteiger partial charge is 0.404 e. The number of anilines is 1. The molecule has 29 heavy (non-hydrogen) atoms. The van der Waals surface area contributed by atoms with Gasteiger partial charge in [0, 0.05) is 37.0 Å². The zero-order valence-corrected chi connectivity index (χ0v) is 15.5. The molecule has 1 amide bonds. The number of nitrogens with zero attached hydrogens (tertiary/aromatic N) is 2. The number of nitrogens with one attached hydrogen (secondary N) is 2. The van der Waals surface area contributed by atoms with Gasteiger partial charge in [0.05, 0.1) is 13.4 Å². The Morgan fingerprint density at radius 3 is 2.97 bits per heavy atom. The number of oxazole rings is 1. The summed E-state index contributed by atoms with van der Waals surface area (Å²) in [5.74, 6) is 0.956. The van der Waals surface area contributed by atoms with Gasteiger partial charge < -0.3 is 29.6 Å². The molecule has 0 radical (unpaired) electrons. The third-order valence-electron chi connectivity index (χ3n) is 3.86. The molecule has 3 rings (SSSR count). The van der Waals surface area contributed by atoms with Crippen molar-refractivity contribution in [2.45, 2.75) is 6.54 Å². The number of halogens is 1. The van der Waals surface area contributed by atoms with Gasteiger partial charge in [0.15, 0.2) is 5.58 Å². The molecule has 152 valence electrons. The minimum absolute atomic E-state index is 0.106. The number of hydrogen-bond acceptors (Lipinski definition) is 7. The first-order chi connectivity index (χ1) is 14.1. The molecule has 2 heterocycles. The Morgan fingerprint density at radius 1 is 1.34 bits per heavy atom. The molecule has 9 nitrogen and oxygen atoms in total. The lowest BCUT2D eigenvalue weighted by molar-refractivity contribution is 0.195. The fourth-order valence-corrected chi connectivity index (χ4v) is 2.41. The van der Waals surface area contributed by atoms with Crippen molar-refractivity contribution in [3.05, 3.63) is 54.0 Å². The highest BCUT2D eigenvalue weighted by Crippen LogP contribution is 2.24. The van der Waals surface area contributed by atoms with Crippen molar-refractivity contribution in [3.63, 3.8) is 0 Å². The minimum Gasteiger partial charge on any atom is -0.489 e. The van der Waals surface area contributed by atoms with Gasteiger partial charge in [-0.15, -0.1) is 0 Å². The van der Waals surface area contributed by atoms with E-state index in [0.29, 0.717) is 41.6 Å². The van der Waals surface area contributed by atoms with Crippen LogP contribution in [0.4, 0.5) is 15.2 Å². The van der Waals surface area contributed by atoms with Gasteiger partial charge in [-0.1, -0.05) is 0 Å². The van der Waals surface area contributed by atoms with E-state index in [2.05, 4.69) is 20.6 Å². The molecule has 0 aliphatic heterocycles. The highest BCUT2D eigenvalue weighted by molar-refractivity contribution is 5.76. The van der Waals surface area contributed by atoms with Gasteiger partial charge in [-0.25, -0.2) is 14.2 Å². The first-order valence-electron chi connectivity index (χ1n) is 8.58. The third kappa shape index (κ3) is 5.58. The maximum Gasteiger partial charge on any atom is 0.404 e. The van der Waals surface area contributed by atoms with Crippen LogP contribution >= 0.6 is 0 Å². The van der Waals surface area contributed by atoms with E-state index in [1.54, 1.807) is 37.6 Å². The van der Waals surface area contributed by atoms with Crippen LogP contribution in [-0.4, -0.2) is 41.4 Å². The van der Waals surface area contributed by atoms with Crippen molar-refractivity contribution in [1.82, 2.24) is 15.3 Å². The Balaban J connectivity index is 1.61. The van der Waals surface area contributed by atoms with E-state index >= 15 is 0 Å². The Hall–Kier alpha value is -3.82. The zero-order chi connectivity index (χ0) is 20.6. The Bertz CT molecular complexity index is 1020. The fourth-order valence-electron chi connectivity index (χ4n) is 2.41. The van der Waals surface area contributed by atoms with Crippen LogP contribution < -0.4 is 20.1 Å². The lowest BCUT2D eigenvalue weighted by atomic mass is 10.2. The van der Waals surface area contributed by atoms with Crippen LogP contribution in [0.1, 0.15) is 5.56 Å². The van der Waals surface area contributed by atoms with Gasteiger partial charge in [-0.05, 0) is 23.8 Å². The molecule has 1 aromatic carbocycles. The van der Waals surface area contributed by atoms with E-state index in [4.69, 9.17) is 19.0 Å². The minimum atomic E-state index is -1.24. The van der Waals surface area contributed by atoms with Gasteiger partial charge >= 0.3 is 6.09 Å². The van der Waals surface area contributed by atoms with E-state index in [9.17, 15) is 9.18 Å². The van der Waals surface area contributed by atoms with Crippen LogP contribution in [0.5, 0.6) is 11.6 Å². The van der Waals surface area contributed by atoms with Crippen LogP contribution in [0.2, 0.25) is 0 Å². The highest BCUT2D eigenvalue weighted by atomic mass is 19.1. The molecule has 0 fully saturated rings. The molecular formula is C19H19FN4O5. The van der Waals surface area contributed by atoms with Crippen LogP contribution in [0, 0.1) is 0 Å². The van der Waals surface area contributed by atoms with Crippen molar-refractivity contribution in [3.8, 4) is 11.6 Å². The first kappa shape index (κ1) is 19.9. The third-order valence-corrected chi connectivity index (χ3v) is 3.86. The molecule has 0 aliphatic carbocycles. The summed E-state index contributed by atoms with van der Waals surface area (Å²) in [6, 6.07) is 8.99. The lowest BCUT2D eigenvalue weighted by Gasteiger charge is -2.08. The molecule has 10 heteroatoms. The highest BCUT2D eigenvalue weighted by Gasteiger charge is 2.09. The van der Waals surface area contributed by atoms with Gasteiger partial charge in [0.1, 0.15) is 17.9 Å². The van der Waals surface area contributed by atoms with Gasteiger partial charge in [0.25, 0.3) is 6.01 Å². The Labute approximate surface area is 165 Å². The number of rotatable bonds is 9. The summed E-state index contributed by atoms with van der Waals surface area (Å²) in [4.78, 5) is 18.9. The predicted octanol–water partition coefficient (Wildman–Crippen LogP) is 3.34. The normalized spacial score (nSPS) is 11.3. The molecule has 0 unspecified atom stereocenters. The number of hydrogen-bond donors (Lipinski definition) is 3. The van der Waals surface area contributed by atoms with Gasteiger partial charge in [-0.3, -0.25) is 0 Å². The molecular weight excluding hydrogens is 383 g/mol. The first-order valence-corrected chi connectivity index (χ1v) is 8.58. The molecule has 0 atom stereocenters. The van der Waals surface area contributed by atoms with E-state index < -0.39 is 6.09 Å². The summed E-state index contributed by atoms with van der Waals surface area (Å²) >= 11 is 0. The number of methoxy groups -OCH3 is 1. The molecule has 2 aromatic heterocycles. The number of pyridine rings is 1. The average Bonchev–Trinajstić information content (AvgIpc) is 3.14. The van der Waals surface area contributed by atoms with E-state index in [0.717, 1.165) is 5.56 Å². The summed E-state index contributed by atoms with van der Waals surface area (Å²) in [7, 11) is 1.55. The predicted molar refractivity (Wildman–Crippen MR) is 103 cm³/mol. The SMILES string of the molecule is COc1cc(CNc2nc3ccc(OC/C(=C\F)CNC(=O)O)cc3o2)ccn1. The van der Waals surface area contributed by atoms with Crippen LogP contribution in [0.25, 0.3) is 11.1 Å². The van der Waals surface area contributed by atoms with Gasteiger partial charge in [0.2, 0.25) is 5.88 Å². The van der Waals surface area contributed by atoms with E-state index in [1.807, 2.05) is 6.07 Å². The van der Waals surface area contributed by atoms with Crippen molar-refractivity contribution in [2.24, 2.45) is 0 Å².